The van der Waals surface area contributed by atoms with E-state index in [2.05, 4.69) is 30.9 Å². The minimum absolute atomic E-state index is 0.0214. The zero-order valence-corrected chi connectivity index (χ0v) is 19.0. The molecule has 0 saturated heterocycles. The zero-order valence-electron chi connectivity index (χ0n) is 19.0. The molecule has 4 N–H and O–H groups in total. The van der Waals surface area contributed by atoms with E-state index in [1.165, 1.54) is 12.1 Å². The molecule has 0 fully saturated rings. The van der Waals surface area contributed by atoms with Gasteiger partial charge in [0.1, 0.15) is 11.6 Å². The molecule has 2 aromatic carbocycles. The van der Waals surface area contributed by atoms with Gasteiger partial charge in [-0.3, -0.25) is 4.57 Å². The first kappa shape index (κ1) is 24.7. The molecule has 0 aliphatic heterocycles. The molecule has 0 unspecified atom stereocenters. The van der Waals surface area contributed by atoms with Gasteiger partial charge < -0.3 is 21.1 Å². The molecule has 0 saturated carbocycles. The normalized spacial score (nSPS) is 12.1. The molecule has 2 aromatic heterocycles. The number of hydrogen-bond donors (Lipinski definition) is 4. The molecule has 2 amide bonds. The van der Waals surface area contributed by atoms with Crippen LogP contribution in [0, 0.1) is 0 Å². The number of urea groups is 1. The average Bonchev–Trinajstić information content (AvgIpc) is 3.33. The second-order valence-electron chi connectivity index (χ2n) is 7.82. The average molecular weight is 497 g/mol. The van der Waals surface area contributed by atoms with Crippen molar-refractivity contribution in [1.82, 2.24) is 19.5 Å². The Balaban J connectivity index is 1.45. The fourth-order valence-corrected chi connectivity index (χ4v) is 3.28. The van der Waals surface area contributed by atoms with E-state index in [9.17, 15) is 23.1 Å². The van der Waals surface area contributed by atoms with Gasteiger partial charge >= 0.3 is 12.2 Å². The van der Waals surface area contributed by atoms with E-state index in [1.807, 2.05) is 0 Å². The number of aliphatic hydroxyl groups excluding tert-OH is 1. The Labute approximate surface area is 204 Å². The van der Waals surface area contributed by atoms with Gasteiger partial charge in [0.15, 0.2) is 0 Å². The SMILES string of the molecule is C[C@H](O)CNc1nccc(-n2ccnc2-c2ccc(NC(=O)Nc3cccc(C(F)(F)F)c3)cc2)n1. The maximum atomic E-state index is 12.9. The molecule has 0 aliphatic rings. The maximum Gasteiger partial charge on any atom is 0.416 e. The summed E-state index contributed by atoms with van der Waals surface area (Å²) in [5.74, 6) is 1.52. The number of alkyl halides is 3. The predicted octanol–water partition coefficient (Wildman–Crippen LogP) is 4.78. The van der Waals surface area contributed by atoms with Crippen molar-refractivity contribution in [3.63, 3.8) is 0 Å². The Morgan fingerprint density at radius 1 is 1.03 bits per heavy atom. The second kappa shape index (κ2) is 10.4. The first-order chi connectivity index (χ1) is 17.2. The maximum absolute atomic E-state index is 12.9. The van der Waals surface area contributed by atoms with Crippen LogP contribution in [-0.2, 0) is 6.18 Å². The zero-order chi connectivity index (χ0) is 25.7. The van der Waals surface area contributed by atoms with E-state index in [1.54, 1.807) is 60.4 Å². The summed E-state index contributed by atoms with van der Waals surface area (Å²) in [6.45, 7) is 1.95. The number of aromatic nitrogens is 4. The molecule has 0 aliphatic carbocycles. The predicted molar refractivity (Wildman–Crippen MR) is 129 cm³/mol. The molecule has 186 valence electrons. The minimum Gasteiger partial charge on any atom is -0.392 e. The number of carbonyl (C=O) groups is 1. The molecule has 0 radical (unpaired) electrons. The minimum atomic E-state index is -4.50. The lowest BCUT2D eigenvalue weighted by molar-refractivity contribution is -0.137. The highest BCUT2D eigenvalue weighted by Gasteiger charge is 2.30. The number of anilines is 3. The fourth-order valence-electron chi connectivity index (χ4n) is 3.28. The van der Waals surface area contributed by atoms with Crippen LogP contribution in [0.4, 0.5) is 35.3 Å². The molecule has 1 atom stereocenters. The summed E-state index contributed by atoms with van der Waals surface area (Å²) < 4.78 is 40.4. The molecule has 9 nitrogen and oxygen atoms in total. The Bertz CT molecular complexity index is 1340. The largest absolute Gasteiger partial charge is 0.416 e. The molecule has 12 heteroatoms. The fraction of sp³-hybridized carbons (Fsp3) is 0.167. The van der Waals surface area contributed by atoms with E-state index < -0.39 is 23.9 Å². The lowest BCUT2D eigenvalue weighted by atomic mass is 10.2. The summed E-state index contributed by atoms with van der Waals surface area (Å²) in [5.41, 5.74) is 0.344. The molecular weight excluding hydrogens is 475 g/mol. The molecule has 36 heavy (non-hydrogen) atoms. The molecule has 4 rings (SSSR count). The third kappa shape index (κ3) is 6.16. The smallest absolute Gasteiger partial charge is 0.392 e. The van der Waals surface area contributed by atoms with Crippen LogP contribution < -0.4 is 16.0 Å². The van der Waals surface area contributed by atoms with Crippen molar-refractivity contribution >= 4 is 23.4 Å². The number of amides is 2. The summed E-state index contributed by atoms with van der Waals surface area (Å²) in [7, 11) is 0. The molecular formula is C24H22F3N7O2. The third-order valence-electron chi connectivity index (χ3n) is 4.93. The number of aliphatic hydroxyl groups is 1. The number of nitrogens with one attached hydrogen (secondary N) is 3. The van der Waals surface area contributed by atoms with Crippen molar-refractivity contribution in [2.24, 2.45) is 0 Å². The summed E-state index contributed by atoms with van der Waals surface area (Å²) in [6.07, 6.45) is -0.107. The van der Waals surface area contributed by atoms with Crippen molar-refractivity contribution < 1.29 is 23.1 Å². The van der Waals surface area contributed by atoms with Crippen LogP contribution in [0.5, 0.6) is 0 Å². The summed E-state index contributed by atoms with van der Waals surface area (Å²) in [5, 5.41) is 17.4. The van der Waals surface area contributed by atoms with Gasteiger partial charge in [0.2, 0.25) is 5.95 Å². The van der Waals surface area contributed by atoms with Crippen LogP contribution >= 0.6 is 0 Å². The second-order valence-corrected chi connectivity index (χ2v) is 7.82. The lowest BCUT2D eigenvalue weighted by Gasteiger charge is -2.12. The van der Waals surface area contributed by atoms with Gasteiger partial charge in [-0.2, -0.15) is 18.2 Å². The van der Waals surface area contributed by atoms with E-state index >= 15 is 0 Å². The lowest BCUT2D eigenvalue weighted by Crippen LogP contribution is -2.19. The number of rotatable bonds is 7. The highest BCUT2D eigenvalue weighted by molar-refractivity contribution is 5.99. The van der Waals surface area contributed by atoms with Crippen molar-refractivity contribution in [2.75, 3.05) is 22.5 Å². The number of hydrogen-bond acceptors (Lipinski definition) is 6. The van der Waals surface area contributed by atoms with Crippen molar-refractivity contribution in [2.45, 2.75) is 19.2 Å². The van der Waals surface area contributed by atoms with Crippen molar-refractivity contribution in [3.8, 4) is 17.2 Å². The number of nitrogens with zero attached hydrogens (tertiary/aromatic N) is 4. The van der Waals surface area contributed by atoms with Gasteiger partial charge in [-0.05, 0) is 55.5 Å². The third-order valence-corrected chi connectivity index (χ3v) is 4.93. The summed E-state index contributed by atoms with van der Waals surface area (Å²) >= 11 is 0. The highest BCUT2D eigenvalue weighted by atomic mass is 19.4. The van der Waals surface area contributed by atoms with Gasteiger partial charge in [0, 0.05) is 42.1 Å². The van der Waals surface area contributed by atoms with Crippen LogP contribution in [-0.4, -0.2) is 43.3 Å². The molecule has 4 aromatic rings. The van der Waals surface area contributed by atoms with Crippen LogP contribution in [0.3, 0.4) is 0 Å². The Hall–Kier alpha value is -4.45. The quantitative estimate of drug-likeness (QED) is 0.292. The van der Waals surface area contributed by atoms with Crippen molar-refractivity contribution in [1.29, 1.82) is 0 Å². The van der Waals surface area contributed by atoms with Crippen molar-refractivity contribution in [3.05, 3.63) is 78.8 Å². The van der Waals surface area contributed by atoms with E-state index in [-0.39, 0.29) is 5.69 Å². The Kier molecular flexibility index (Phi) is 7.15. The number of halogens is 3. The van der Waals surface area contributed by atoms with Crippen LogP contribution in [0.1, 0.15) is 12.5 Å². The Morgan fingerprint density at radius 2 is 1.78 bits per heavy atom. The number of benzene rings is 2. The van der Waals surface area contributed by atoms with E-state index in [0.29, 0.717) is 29.8 Å². The number of carbonyl (C=O) groups excluding carboxylic acids is 1. The van der Waals surface area contributed by atoms with Gasteiger partial charge in [-0.15, -0.1) is 0 Å². The first-order valence-electron chi connectivity index (χ1n) is 10.8. The number of imidazole rings is 1. The van der Waals surface area contributed by atoms with Crippen LogP contribution in [0.2, 0.25) is 0 Å². The van der Waals surface area contributed by atoms with Gasteiger partial charge in [-0.25, -0.2) is 14.8 Å². The highest BCUT2D eigenvalue weighted by Crippen LogP contribution is 2.30. The molecule has 2 heterocycles. The molecule has 0 bridgehead atoms. The Morgan fingerprint density at radius 3 is 2.50 bits per heavy atom. The topological polar surface area (TPSA) is 117 Å². The van der Waals surface area contributed by atoms with Gasteiger partial charge in [0.25, 0.3) is 0 Å². The van der Waals surface area contributed by atoms with E-state index in [0.717, 1.165) is 17.7 Å². The van der Waals surface area contributed by atoms with Crippen LogP contribution in [0.15, 0.2) is 73.2 Å². The first-order valence-corrected chi connectivity index (χ1v) is 10.8. The monoisotopic (exact) mass is 497 g/mol. The van der Waals surface area contributed by atoms with Gasteiger partial charge in [0.05, 0.1) is 11.7 Å². The summed E-state index contributed by atoms with van der Waals surface area (Å²) in [6, 6.07) is 12.2. The summed E-state index contributed by atoms with van der Waals surface area (Å²) in [4.78, 5) is 25.2. The standard InChI is InChI=1S/C24H22F3N7O2/c1-15(35)14-30-22-29-10-9-20(33-22)34-12-11-28-21(34)16-5-7-18(8-6-16)31-23(36)32-19-4-2-3-17(13-19)24(25,26)27/h2-13,15,35H,14H2,1H3,(H,29,30,33)(H2,31,32,36)/t15-/m0/s1. The van der Waals surface area contributed by atoms with Crippen LogP contribution in [0.25, 0.3) is 17.2 Å². The van der Waals surface area contributed by atoms with E-state index in [4.69, 9.17) is 0 Å². The molecule has 0 spiro atoms. The van der Waals surface area contributed by atoms with Gasteiger partial charge in [-0.1, -0.05) is 6.07 Å².